The predicted molar refractivity (Wildman–Crippen MR) is 84.3 cm³/mol. The van der Waals surface area contributed by atoms with E-state index in [0.717, 1.165) is 27.8 Å². The average molecular weight is 284 g/mol. The van der Waals surface area contributed by atoms with E-state index < -0.39 is 0 Å². The lowest BCUT2D eigenvalue weighted by Gasteiger charge is -2.10. The standard InChI is InChI=1S/C16H14ClN3/c1-10-7-8-11(17)9-13(10)16-19-14-6-4-3-5-12(14)15(18-2)20-16/h3-9H,1-2H3,(H,18,19,20). The van der Waals surface area contributed by atoms with Crippen LogP contribution in [-0.4, -0.2) is 17.0 Å². The number of nitrogens with zero attached hydrogens (tertiary/aromatic N) is 2. The summed E-state index contributed by atoms with van der Waals surface area (Å²) in [5.41, 5.74) is 2.98. The zero-order valence-electron chi connectivity index (χ0n) is 11.3. The van der Waals surface area contributed by atoms with Crippen LogP contribution in [0.3, 0.4) is 0 Å². The molecule has 1 aromatic heterocycles. The van der Waals surface area contributed by atoms with E-state index in [1.165, 1.54) is 0 Å². The smallest absolute Gasteiger partial charge is 0.162 e. The highest BCUT2D eigenvalue weighted by Gasteiger charge is 2.10. The van der Waals surface area contributed by atoms with Gasteiger partial charge in [0.1, 0.15) is 5.82 Å². The van der Waals surface area contributed by atoms with Crippen LogP contribution in [0.25, 0.3) is 22.3 Å². The number of anilines is 1. The van der Waals surface area contributed by atoms with E-state index >= 15 is 0 Å². The largest absolute Gasteiger partial charge is 0.373 e. The second-order valence-corrected chi connectivity index (χ2v) is 5.06. The van der Waals surface area contributed by atoms with Crippen molar-refractivity contribution in [1.82, 2.24) is 9.97 Å². The highest BCUT2D eigenvalue weighted by Crippen LogP contribution is 2.28. The summed E-state index contributed by atoms with van der Waals surface area (Å²) in [6.45, 7) is 2.03. The Morgan fingerprint density at radius 1 is 1.05 bits per heavy atom. The predicted octanol–water partition coefficient (Wildman–Crippen LogP) is 4.30. The monoisotopic (exact) mass is 283 g/mol. The molecule has 20 heavy (non-hydrogen) atoms. The third kappa shape index (κ3) is 2.21. The first-order valence-electron chi connectivity index (χ1n) is 6.40. The number of nitrogens with one attached hydrogen (secondary N) is 1. The first-order chi connectivity index (χ1) is 9.69. The molecule has 2 aromatic carbocycles. The van der Waals surface area contributed by atoms with Gasteiger partial charge in [-0.05, 0) is 36.8 Å². The molecule has 0 radical (unpaired) electrons. The third-order valence-corrected chi connectivity index (χ3v) is 3.52. The molecule has 0 aliphatic carbocycles. The third-order valence-electron chi connectivity index (χ3n) is 3.28. The summed E-state index contributed by atoms with van der Waals surface area (Å²) in [5.74, 6) is 1.51. The molecule has 0 unspecified atom stereocenters. The van der Waals surface area contributed by atoms with Crippen molar-refractivity contribution in [2.24, 2.45) is 0 Å². The van der Waals surface area contributed by atoms with Crippen molar-refractivity contribution in [3.8, 4) is 11.4 Å². The van der Waals surface area contributed by atoms with Gasteiger partial charge in [0.05, 0.1) is 5.52 Å². The van der Waals surface area contributed by atoms with Crippen LogP contribution < -0.4 is 5.32 Å². The van der Waals surface area contributed by atoms with Crippen molar-refractivity contribution < 1.29 is 0 Å². The molecule has 0 bridgehead atoms. The Bertz CT molecular complexity index is 784. The molecule has 1 heterocycles. The summed E-state index contributed by atoms with van der Waals surface area (Å²) in [6, 6.07) is 13.7. The maximum Gasteiger partial charge on any atom is 0.162 e. The minimum absolute atomic E-state index is 0.688. The molecule has 0 saturated heterocycles. The van der Waals surface area contributed by atoms with Gasteiger partial charge < -0.3 is 5.32 Å². The van der Waals surface area contributed by atoms with Crippen LogP contribution in [-0.2, 0) is 0 Å². The quantitative estimate of drug-likeness (QED) is 0.762. The van der Waals surface area contributed by atoms with E-state index in [1.54, 1.807) is 0 Å². The van der Waals surface area contributed by atoms with E-state index in [1.807, 2.05) is 56.4 Å². The van der Waals surface area contributed by atoms with Gasteiger partial charge in [-0.15, -0.1) is 0 Å². The van der Waals surface area contributed by atoms with Crippen LogP contribution in [0, 0.1) is 6.92 Å². The summed E-state index contributed by atoms with van der Waals surface area (Å²) < 4.78 is 0. The minimum atomic E-state index is 0.688. The van der Waals surface area contributed by atoms with Crippen LogP contribution in [0.4, 0.5) is 5.82 Å². The number of halogens is 1. The van der Waals surface area contributed by atoms with Crippen molar-refractivity contribution in [2.75, 3.05) is 12.4 Å². The van der Waals surface area contributed by atoms with Gasteiger partial charge in [0.15, 0.2) is 5.82 Å². The number of hydrogen-bond donors (Lipinski definition) is 1. The Kier molecular flexibility index (Phi) is 3.28. The van der Waals surface area contributed by atoms with Gasteiger partial charge in [0.25, 0.3) is 0 Å². The van der Waals surface area contributed by atoms with Gasteiger partial charge >= 0.3 is 0 Å². The number of hydrogen-bond acceptors (Lipinski definition) is 3. The van der Waals surface area contributed by atoms with Crippen LogP contribution >= 0.6 is 11.6 Å². The van der Waals surface area contributed by atoms with Crippen LogP contribution in [0.1, 0.15) is 5.56 Å². The lowest BCUT2D eigenvalue weighted by Crippen LogP contribution is -1.99. The number of aryl methyl sites for hydroxylation is 1. The Balaban J connectivity index is 2.29. The first kappa shape index (κ1) is 12.9. The second-order valence-electron chi connectivity index (χ2n) is 4.62. The van der Waals surface area contributed by atoms with Gasteiger partial charge in [-0.1, -0.05) is 29.8 Å². The van der Waals surface area contributed by atoms with E-state index in [2.05, 4.69) is 15.3 Å². The Morgan fingerprint density at radius 3 is 2.65 bits per heavy atom. The zero-order valence-corrected chi connectivity index (χ0v) is 12.1. The van der Waals surface area contributed by atoms with E-state index in [4.69, 9.17) is 11.6 Å². The molecule has 0 atom stereocenters. The molecular formula is C16H14ClN3. The molecule has 4 heteroatoms. The number of fused-ring (bicyclic) bond motifs is 1. The highest BCUT2D eigenvalue weighted by atomic mass is 35.5. The number of para-hydroxylation sites is 1. The summed E-state index contributed by atoms with van der Waals surface area (Å²) in [4.78, 5) is 9.26. The molecule has 3 nitrogen and oxygen atoms in total. The lowest BCUT2D eigenvalue weighted by atomic mass is 10.1. The molecule has 3 aromatic rings. The van der Waals surface area contributed by atoms with Crippen LogP contribution in [0.2, 0.25) is 5.02 Å². The van der Waals surface area contributed by atoms with E-state index in [0.29, 0.717) is 10.8 Å². The maximum atomic E-state index is 6.09. The highest BCUT2D eigenvalue weighted by molar-refractivity contribution is 6.30. The van der Waals surface area contributed by atoms with Gasteiger partial charge in [0.2, 0.25) is 0 Å². The molecule has 1 N–H and O–H groups in total. The van der Waals surface area contributed by atoms with Crippen LogP contribution in [0.15, 0.2) is 42.5 Å². The van der Waals surface area contributed by atoms with Crippen molar-refractivity contribution in [2.45, 2.75) is 6.92 Å². The number of aromatic nitrogens is 2. The normalized spacial score (nSPS) is 10.8. The average Bonchev–Trinajstić information content (AvgIpc) is 2.48. The number of benzene rings is 2. The summed E-state index contributed by atoms with van der Waals surface area (Å²) >= 11 is 6.09. The van der Waals surface area contributed by atoms with E-state index in [-0.39, 0.29) is 0 Å². The molecular weight excluding hydrogens is 270 g/mol. The second kappa shape index (κ2) is 5.10. The molecule has 0 aliphatic rings. The van der Waals surface area contributed by atoms with Crippen molar-refractivity contribution in [1.29, 1.82) is 0 Å². The zero-order chi connectivity index (χ0) is 14.1. The van der Waals surface area contributed by atoms with Gasteiger partial charge in [-0.2, -0.15) is 0 Å². The van der Waals surface area contributed by atoms with Crippen LogP contribution in [0.5, 0.6) is 0 Å². The SMILES string of the molecule is CNc1nc(-c2cc(Cl)ccc2C)nc2ccccc12. The van der Waals surface area contributed by atoms with E-state index in [9.17, 15) is 0 Å². The minimum Gasteiger partial charge on any atom is -0.373 e. The fourth-order valence-electron chi connectivity index (χ4n) is 2.22. The molecule has 0 spiro atoms. The fraction of sp³-hybridized carbons (Fsp3) is 0.125. The van der Waals surface area contributed by atoms with Gasteiger partial charge in [-0.25, -0.2) is 9.97 Å². The summed E-state index contributed by atoms with van der Waals surface area (Å²) in [5, 5.41) is 4.83. The molecule has 0 aliphatic heterocycles. The molecule has 100 valence electrons. The Labute approximate surface area is 122 Å². The van der Waals surface area contributed by atoms with Crippen molar-refractivity contribution >= 4 is 28.3 Å². The Morgan fingerprint density at radius 2 is 1.85 bits per heavy atom. The lowest BCUT2D eigenvalue weighted by molar-refractivity contribution is 1.20. The summed E-state index contributed by atoms with van der Waals surface area (Å²) in [7, 11) is 1.86. The fourth-order valence-corrected chi connectivity index (χ4v) is 2.39. The first-order valence-corrected chi connectivity index (χ1v) is 6.78. The van der Waals surface area contributed by atoms with Gasteiger partial charge in [0, 0.05) is 23.0 Å². The molecule has 3 rings (SSSR count). The maximum absolute atomic E-state index is 6.09. The molecule has 0 amide bonds. The molecule has 0 fully saturated rings. The topological polar surface area (TPSA) is 37.8 Å². The molecule has 0 saturated carbocycles. The van der Waals surface area contributed by atoms with Gasteiger partial charge in [-0.3, -0.25) is 0 Å². The van der Waals surface area contributed by atoms with Crippen molar-refractivity contribution in [3.63, 3.8) is 0 Å². The van der Waals surface area contributed by atoms with Crippen molar-refractivity contribution in [3.05, 3.63) is 53.1 Å². The Hall–Kier alpha value is -2.13. The number of rotatable bonds is 2. The summed E-state index contributed by atoms with van der Waals surface area (Å²) in [6.07, 6.45) is 0.